The van der Waals surface area contributed by atoms with Gasteiger partial charge in [-0.25, -0.2) is 0 Å². The third-order valence-electron chi connectivity index (χ3n) is 3.39. The highest BCUT2D eigenvalue weighted by Crippen LogP contribution is 2.17. The van der Waals surface area contributed by atoms with Crippen LogP contribution in [0.25, 0.3) is 0 Å². The number of hydrogen-bond acceptors (Lipinski definition) is 3. The molecule has 98 valence electrons. The summed E-state index contributed by atoms with van der Waals surface area (Å²) >= 11 is 0. The van der Waals surface area contributed by atoms with Crippen LogP contribution in [0, 0.1) is 5.92 Å². The molecule has 0 radical (unpaired) electrons. The average molecular weight is 241 g/mol. The van der Waals surface area contributed by atoms with Gasteiger partial charge in [0.15, 0.2) is 0 Å². The number of nitrogens with two attached hydrogens (primary N) is 2. The van der Waals surface area contributed by atoms with Crippen molar-refractivity contribution in [1.82, 2.24) is 4.90 Å². The molecular formula is C12H23N3O2. The number of likely N-dealkylation sites (tertiary alicyclic amines) is 1. The number of carbonyl (C=O) groups is 2. The number of unbranched alkanes of at least 4 members (excludes halogenated alkanes) is 1. The molecule has 5 heteroatoms. The summed E-state index contributed by atoms with van der Waals surface area (Å²) < 4.78 is 0. The Morgan fingerprint density at radius 1 is 1.35 bits per heavy atom. The zero-order chi connectivity index (χ0) is 12.8. The normalized spacial score (nSPS) is 19.1. The number of nitrogens with zero attached hydrogens (tertiary/aromatic N) is 1. The van der Waals surface area contributed by atoms with Crippen molar-refractivity contribution in [3.63, 3.8) is 0 Å². The van der Waals surface area contributed by atoms with Crippen molar-refractivity contribution in [1.29, 1.82) is 0 Å². The number of piperidine rings is 1. The lowest BCUT2D eigenvalue weighted by Gasteiger charge is -2.32. The van der Waals surface area contributed by atoms with E-state index in [1.54, 1.807) is 4.90 Å². The van der Waals surface area contributed by atoms with Crippen LogP contribution in [0.4, 0.5) is 0 Å². The molecule has 4 N–H and O–H groups in total. The molecule has 0 aliphatic carbocycles. The molecule has 5 nitrogen and oxygen atoms in total. The fourth-order valence-electron chi connectivity index (χ4n) is 2.17. The number of carbonyl (C=O) groups excluding carboxylic acids is 2. The van der Waals surface area contributed by atoms with Crippen LogP contribution >= 0.6 is 0 Å². The van der Waals surface area contributed by atoms with Crippen LogP contribution in [0.2, 0.25) is 0 Å². The van der Waals surface area contributed by atoms with E-state index in [0.717, 1.165) is 19.3 Å². The first-order valence-electron chi connectivity index (χ1n) is 6.40. The number of amides is 2. The SMILES string of the molecule is CCCCC(N)C(=O)N1CCC(C(N)=O)CC1. The second-order valence-corrected chi connectivity index (χ2v) is 4.75. The second kappa shape index (κ2) is 6.59. The first-order valence-corrected chi connectivity index (χ1v) is 6.40. The van der Waals surface area contributed by atoms with Crippen LogP contribution in [0.3, 0.4) is 0 Å². The van der Waals surface area contributed by atoms with Crippen LogP contribution < -0.4 is 11.5 Å². The lowest BCUT2D eigenvalue weighted by Crippen LogP contribution is -2.48. The van der Waals surface area contributed by atoms with Gasteiger partial charge in [-0.15, -0.1) is 0 Å². The Bertz CT molecular complexity index is 273. The summed E-state index contributed by atoms with van der Waals surface area (Å²) in [4.78, 5) is 24.7. The molecule has 1 unspecified atom stereocenters. The molecule has 1 aliphatic rings. The lowest BCUT2D eigenvalue weighted by molar-refractivity contribution is -0.136. The molecule has 1 aliphatic heterocycles. The quantitative estimate of drug-likeness (QED) is 0.722. The number of hydrogen-bond donors (Lipinski definition) is 2. The zero-order valence-electron chi connectivity index (χ0n) is 10.5. The van der Waals surface area contributed by atoms with Gasteiger partial charge in [0, 0.05) is 19.0 Å². The van der Waals surface area contributed by atoms with E-state index in [1.807, 2.05) is 0 Å². The standard InChI is InChI=1S/C12H23N3O2/c1-2-3-4-10(13)12(17)15-7-5-9(6-8-15)11(14)16/h9-10H,2-8,13H2,1H3,(H2,14,16). The predicted molar refractivity (Wildman–Crippen MR) is 66.0 cm³/mol. The van der Waals surface area contributed by atoms with Crippen molar-refractivity contribution in [3.8, 4) is 0 Å². The molecule has 0 saturated carbocycles. The summed E-state index contributed by atoms with van der Waals surface area (Å²) in [7, 11) is 0. The number of primary amides is 1. The van der Waals surface area contributed by atoms with E-state index in [0.29, 0.717) is 25.9 Å². The van der Waals surface area contributed by atoms with E-state index in [4.69, 9.17) is 11.5 Å². The van der Waals surface area contributed by atoms with Crippen molar-refractivity contribution >= 4 is 11.8 Å². The van der Waals surface area contributed by atoms with Crippen LogP contribution in [0.5, 0.6) is 0 Å². The Hall–Kier alpha value is -1.10. The monoisotopic (exact) mass is 241 g/mol. The van der Waals surface area contributed by atoms with E-state index in [-0.39, 0.29) is 23.8 Å². The minimum absolute atomic E-state index is 0.0152. The Labute approximate surface area is 103 Å². The van der Waals surface area contributed by atoms with Gasteiger partial charge in [0.1, 0.15) is 0 Å². The van der Waals surface area contributed by atoms with E-state index >= 15 is 0 Å². The Balaban J connectivity index is 2.37. The Morgan fingerprint density at radius 2 is 1.94 bits per heavy atom. The number of rotatable bonds is 5. The minimum atomic E-state index is -0.389. The Kier molecular flexibility index (Phi) is 5.41. The molecule has 1 atom stereocenters. The fraction of sp³-hybridized carbons (Fsp3) is 0.833. The van der Waals surface area contributed by atoms with Gasteiger partial charge in [0.2, 0.25) is 11.8 Å². The lowest BCUT2D eigenvalue weighted by atomic mass is 9.95. The zero-order valence-corrected chi connectivity index (χ0v) is 10.5. The van der Waals surface area contributed by atoms with Gasteiger partial charge >= 0.3 is 0 Å². The van der Waals surface area contributed by atoms with Gasteiger partial charge in [-0.3, -0.25) is 9.59 Å². The van der Waals surface area contributed by atoms with Crippen LogP contribution in [0.1, 0.15) is 39.0 Å². The van der Waals surface area contributed by atoms with Gasteiger partial charge in [-0.2, -0.15) is 0 Å². The van der Waals surface area contributed by atoms with Crippen molar-refractivity contribution in [2.24, 2.45) is 17.4 Å². The topological polar surface area (TPSA) is 89.4 Å². The summed E-state index contributed by atoms with van der Waals surface area (Å²) in [5, 5.41) is 0. The highest BCUT2D eigenvalue weighted by atomic mass is 16.2. The minimum Gasteiger partial charge on any atom is -0.369 e. The predicted octanol–water partition coefficient (Wildman–Crippen LogP) is 0.228. The van der Waals surface area contributed by atoms with Gasteiger partial charge in [0.25, 0.3) is 0 Å². The molecule has 0 spiro atoms. The van der Waals surface area contributed by atoms with Crippen LogP contribution in [0.15, 0.2) is 0 Å². The molecule has 1 rings (SSSR count). The molecule has 2 amide bonds. The van der Waals surface area contributed by atoms with Gasteiger partial charge < -0.3 is 16.4 Å². The van der Waals surface area contributed by atoms with E-state index in [2.05, 4.69) is 6.92 Å². The molecule has 0 aromatic heterocycles. The summed E-state index contributed by atoms with van der Waals surface area (Å²) in [5.74, 6) is -0.320. The third kappa shape index (κ3) is 4.00. The van der Waals surface area contributed by atoms with Gasteiger partial charge in [-0.05, 0) is 19.3 Å². The van der Waals surface area contributed by atoms with E-state index < -0.39 is 0 Å². The first kappa shape index (κ1) is 14.0. The van der Waals surface area contributed by atoms with E-state index in [1.165, 1.54) is 0 Å². The fourth-order valence-corrected chi connectivity index (χ4v) is 2.17. The van der Waals surface area contributed by atoms with E-state index in [9.17, 15) is 9.59 Å². The molecule has 1 fully saturated rings. The summed E-state index contributed by atoms with van der Waals surface area (Å²) in [6.07, 6.45) is 4.10. The molecule has 17 heavy (non-hydrogen) atoms. The van der Waals surface area contributed by atoms with Crippen LogP contribution in [-0.2, 0) is 9.59 Å². The summed E-state index contributed by atoms with van der Waals surface area (Å²) in [5.41, 5.74) is 11.1. The van der Waals surface area contributed by atoms with Crippen molar-refractivity contribution in [2.45, 2.75) is 45.1 Å². The molecule has 1 heterocycles. The maximum atomic E-state index is 12.0. The van der Waals surface area contributed by atoms with Crippen molar-refractivity contribution in [2.75, 3.05) is 13.1 Å². The maximum Gasteiger partial charge on any atom is 0.239 e. The third-order valence-corrected chi connectivity index (χ3v) is 3.39. The molecule has 0 aromatic carbocycles. The summed E-state index contributed by atoms with van der Waals surface area (Å²) in [6, 6.07) is -0.389. The van der Waals surface area contributed by atoms with Gasteiger partial charge in [0.05, 0.1) is 6.04 Å². The molecule has 0 aromatic rings. The average Bonchev–Trinajstić information content (AvgIpc) is 2.35. The molecule has 1 saturated heterocycles. The smallest absolute Gasteiger partial charge is 0.239 e. The highest BCUT2D eigenvalue weighted by molar-refractivity contribution is 5.82. The second-order valence-electron chi connectivity index (χ2n) is 4.75. The summed E-state index contributed by atoms with van der Waals surface area (Å²) in [6.45, 7) is 3.29. The molecule has 0 bridgehead atoms. The largest absolute Gasteiger partial charge is 0.369 e. The van der Waals surface area contributed by atoms with Crippen molar-refractivity contribution in [3.05, 3.63) is 0 Å². The highest BCUT2D eigenvalue weighted by Gasteiger charge is 2.28. The first-order chi connectivity index (χ1) is 8.06. The van der Waals surface area contributed by atoms with Crippen LogP contribution in [-0.4, -0.2) is 35.8 Å². The molecular weight excluding hydrogens is 218 g/mol. The maximum absolute atomic E-state index is 12.0. The Morgan fingerprint density at radius 3 is 2.41 bits per heavy atom. The van der Waals surface area contributed by atoms with Crippen molar-refractivity contribution < 1.29 is 9.59 Å². The van der Waals surface area contributed by atoms with Gasteiger partial charge in [-0.1, -0.05) is 19.8 Å².